The van der Waals surface area contributed by atoms with Gasteiger partial charge in [-0.2, -0.15) is 13.2 Å². The summed E-state index contributed by atoms with van der Waals surface area (Å²) in [5.41, 5.74) is -2.37. The first-order chi connectivity index (χ1) is 12.6. The highest BCUT2D eigenvalue weighted by molar-refractivity contribution is 6.30. The first-order valence-electron chi connectivity index (χ1n) is 7.68. The van der Waals surface area contributed by atoms with Gasteiger partial charge in [-0.25, -0.2) is 17.6 Å². The molecular formula is C17H16ClF7O3. The molecule has 1 aliphatic carbocycles. The second-order valence-electron chi connectivity index (χ2n) is 6.69. The summed E-state index contributed by atoms with van der Waals surface area (Å²) in [6.45, 7) is 3.05. The van der Waals surface area contributed by atoms with Crippen LogP contribution in [0.25, 0.3) is 0 Å². The summed E-state index contributed by atoms with van der Waals surface area (Å²) in [5.74, 6) is -8.55. The van der Waals surface area contributed by atoms with E-state index >= 15 is 0 Å². The normalized spacial score (nSPS) is 21.1. The van der Waals surface area contributed by atoms with E-state index in [-0.39, 0.29) is 0 Å². The number of hydrogen-bond donors (Lipinski definition) is 2. The first-order valence-corrected chi connectivity index (χ1v) is 8.06. The molecule has 3 nitrogen and oxygen atoms in total. The van der Waals surface area contributed by atoms with Crippen LogP contribution < -0.4 is 0 Å². The van der Waals surface area contributed by atoms with Crippen LogP contribution >= 0.6 is 11.6 Å². The topological polar surface area (TPSA) is 57.5 Å². The van der Waals surface area contributed by atoms with Crippen molar-refractivity contribution in [2.24, 2.45) is 17.3 Å². The van der Waals surface area contributed by atoms with Gasteiger partial charge in [-0.3, -0.25) is 4.79 Å². The number of carbonyl (C=O) groups is 1. The molecule has 1 aromatic rings. The van der Waals surface area contributed by atoms with Crippen LogP contribution in [0.2, 0.25) is 0 Å². The van der Waals surface area contributed by atoms with Crippen molar-refractivity contribution in [1.29, 1.82) is 0 Å². The molecule has 2 atom stereocenters. The van der Waals surface area contributed by atoms with Gasteiger partial charge >= 0.3 is 12.1 Å². The van der Waals surface area contributed by atoms with Crippen molar-refractivity contribution < 1.29 is 45.7 Å². The van der Waals surface area contributed by atoms with Gasteiger partial charge in [0.2, 0.25) is 0 Å². The van der Waals surface area contributed by atoms with E-state index in [2.05, 4.69) is 0 Å². The van der Waals surface area contributed by atoms with Gasteiger partial charge < -0.3 is 10.2 Å². The maximum Gasteiger partial charge on any atom is 0.426 e. The highest BCUT2D eigenvalue weighted by atomic mass is 35.5. The molecule has 2 unspecified atom stereocenters. The Morgan fingerprint density at radius 3 is 1.82 bits per heavy atom. The van der Waals surface area contributed by atoms with Crippen molar-refractivity contribution in [3.05, 3.63) is 45.5 Å². The number of carboxylic acid groups (broad SMARTS) is 1. The van der Waals surface area contributed by atoms with E-state index < -0.39 is 75.4 Å². The minimum atomic E-state index is -4.59. The zero-order chi connectivity index (χ0) is 22.2. The summed E-state index contributed by atoms with van der Waals surface area (Å²) in [7, 11) is 0. The van der Waals surface area contributed by atoms with Crippen LogP contribution in [-0.2, 0) is 11.4 Å². The lowest BCUT2D eigenvalue weighted by Gasteiger charge is -2.06. The lowest BCUT2D eigenvalue weighted by molar-refractivity contribution is -0.139. The van der Waals surface area contributed by atoms with Gasteiger partial charge in [0.15, 0.2) is 23.3 Å². The zero-order valence-electron chi connectivity index (χ0n) is 14.8. The van der Waals surface area contributed by atoms with Gasteiger partial charge in [-0.15, -0.1) is 0 Å². The Kier molecular flexibility index (Phi) is 7.17. The van der Waals surface area contributed by atoms with E-state index in [9.17, 15) is 35.5 Å². The molecule has 0 saturated heterocycles. The van der Waals surface area contributed by atoms with Crippen LogP contribution in [0.1, 0.15) is 25.0 Å². The molecule has 11 heteroatoms. The molecule has 0 bridgehead atoms. The molecule has 0 aromatic heterocycles. The molecule has 158 valence electrons. The van der Waals surface area contributed by atoms with Crippen molar-refractivity contribution >= 4 is 17.6 Å². The fourth-order valence-electron chi connectivity index (χ4n) is 2.64. The number of allylic oxidation sites excluding steroid dienone is 2. The minimum Gasteiger partial charge on any atom is -0.481 e. The summed E-state index contributed by atoms with van der Waals surface area (Å²) in [5, 5.41) is 15.9. The first kappa shape index (κ1) is 24.2. The number of halogens is 8. The van der Waals surface area contributed by atoms with Gasteiger partial charge in [0, 0.05) is 5.56 Å². The Bertz CT molecular complexity index is 774. The Morgan fingerprint density at radius 1 is 1.11 bits per heavy atom. The number of aliphatic carboxylic acids is 1. The summed E-state index contributed by atoms with van der Waals surface area (Å²) in [6.07, 6.45) is -3.80. The number of alkyl halides is 3. The Balaban J connectivity index is 0.000000283. The maximum absolute atomic E-state index is 12.8. The number of aliphatic hydroxyl groups excluding tert-OH is 1. The molecule has 28 heavy (non-hydrogen) atoms. The Morgan fingerprint density at radius 2 is 1.54 bits per heavy atom. The molecule has 2 rings (SSSR count). The van der Waals surface area contributed by atoms with Crippen molar-refractivity contribution in [3.63, 3.8) is 0 Å². The molecule has 0 aliphatic heterocycles. The second-order valence-corrected chi connectivity index (χ2v) is 7.10. The molecule has 0 heterocycles. The predicted octanol–water partition coefficient (Wildman–Crippen LogP) is 5.07. The lowest BCUT2D eigenvalue weighted by Crippen LogP contribution is -2.07. The van der Waals surface area contributed by atoms with E-state index in [1.54, 1.807) is 13.8 Å². The Labute approximate surface area is 160 Å². The van der Waals surface area contributed by atoms with E-state index in [1.165, 1.54) is 0 Å². The summed E-state index contributed by atoms with van der Waals surface area (Å²) in [6, 6.07) is 0. The van der Waals surface area contributed by atoms with Crippen molar-refractivity contribution in [1.82, 2.24) is 0 Å². The minimum absolute atomic E-state index is 0.649. The summed E-state index contributed by atoms with van der Waals surface area (Å²) >= 11 is 5.03. The molecule has 1 aliphatic rings. The lowest BCUT2D eigenvalue weighted by atomic mass is 10.1. The smallest absolute Gasteiger partial charge is 0.426 e. The quantitative estimate of drug-likeness (QED) is 0.513. The van der Waals surface area contributed by atoms with Crippen LogP contribution in [0, 0.1) is 47.4 Å². The molecule has 2 N–H and O–H groups in total. The fraction of sp³-hybridized carbons (Fsp3) is 0.471. The molecule has 1 saturated carbocycles. The zero-order valence-corrected chi connectivity index (χ0v) is 15.5. The van der Waals surface area contributed by atoms with Gasteiger partial charge in [0.25, 0.3) is 0 Å². The van der Waals surface area contributed by atoms with E-state index in [0.717, 1.165) is 13.0 Å². The SMILES string of the molecule is CC1(C)C(/C=C(\Cl)C(F)(F)F)C1C(=O)O.Cc1c(F)c(F)c(CO)c(F)c1F. The fourth-order valence-corrected chi connectivity index (χ4v) is 2.77. The van der Waals surface area contributed by atoms with E-state index in [4.69, 9.17) is 21.8 Å². The number of rotatable bonds is 3. The number of carboxylic acids is 1. The largest absolute Gasteiger partial charge is 0.481 e. The molecule has 0 amide bonds. The van der Waals surface area contributed by atoms with E-state index in [1.807, 2.05) is 0 Å². The van der Waals surface area contributed by atoms with Crippen molar-refractivity contribution in [2.45, 2.75) is 33.6 Å². The second kappa shape index (κ2) is 8.28. The van der Waals surface area contributed by atoms with Crippen LogP contribution in [-0.4, -0.2) is 22.4 Å². The number of aliphatic hydroxyl groups is 1. The molecule has 1 fully saturated rings. The molecular weight excluding hydrogens is 421 g/mol. The van der Waals surface area contributed by atoms with Crippen molar-refractivity contribution in [3.8, 4) is 0 Å². The van der Waals surface area contributed by atoms with Crippen LogP contribution in [0.3, 0.4) is 0 Å². The maximum atomic E-state index is 12.8. The monoisotopic (exact) mass is 436 g/mol. The number of benzene rings is 1. The summed E-state index contributed by atoms with van der Waals surface area (Å²) < 4.78 is 87.2. The molecule has 0 radical (unpaired) electrons. The van der Waals surface area contributed by atoms with Gasteiger partial charge in [0.05, 0.1) is 18.1 Å². The van der Waals surface area contributed by atoms with Gasteiger partial charge in [-0.1, -0.05) is 31.5 Å². The predicted molar refractivity (Wildman–Crippen MR) is 85.3 cm³/mol. The third-order valence-electron chi connectivity index (χ3n) is 4.51. The average Bonchev–Trinajstić information content (AvgIpc) is 3.12. The Hall–Kier alpha value is -1.81. The van der Waals surface area contributed by atoms with Crippen LogP contribution in [0.15, 0.2) is 11.1 Å². The van der Waals surface area contributed by atoms with Gasteiger partial charge in [-0.05, 0) is 18.3 Å². The molecule has 1 aromatic carbocycles. The van der Waals surface area contributed by atoms with Gasteiger partial charge in [0.1, 0.15) is 5.03 Å². The third-order valence-corrected chi connectivity index (χ3v) is 4.85. The molecule has 0 spiro atoms. The third kappa shape index (κ3) is 4.78. The van der Waals surface area contributed by atoms with Crippen LogP contribution in [0.4, 0.5) is 30.7 Å². The highest BCUT2D eigenvalue weighted by Gasteiger charge is 2.61. The summed E-state index contributed by atoms with van der Waals surface area (Å²) in [4.78, 5) is 10.7. The number of hydrogen-bond acceptors (Lipinski definition) is 2. The van der Waals surface area contributed by atoms with E-state index in [0.29, 0.717) is 0 Å². The van der Waals surface area contributed by atoms with Crippen molar-refractivity contribution in [2.75, 3.05) is 0 Å². The van der Waals surface area contributed by atoms with Crippen LogP contribution in [0.5, 0.6) is 0 Å². The average molecular weight is 437 g/mol. The standard InChI is InChI=1S/C9H10ClF3O2.C8H6F4O/c1-8(2)4(6(8)7(14)15)3-5(10)9(11,12)13;1-3-5(9)7(11)4(2-13)8(12)6(3)10/h3-4,6H,1-2H3,(H,14,15);13H,2H2,1H3/b5-3-;. The highest BCUT2D eigenvalue weighted by Crippen LogP contribution is 2.60.